The maximum Gasteiger partial charge on any atom is 0.255 e. The van der Waals surface area contributed by atoms with Crippen molar-refractivity contribution in [1.29, 1.82) is 0 Å². The molecule has 1 atom stereocenters. The van der Waals surface area contributed by atoms with E-state index < -0.39 is 6.04 Å². The van der Waals surface area contributed by atoms with Gasteiger partial charge in [-0.1, -0.05) is 57.9 Å². The molecule has 156 valence electrons. The molecule has 0 saturated carbocycles. The summed E-state index contributed by atoms with van der Waals surface area (Å²) in [7, 11) is 1.51. The van der Waals surface area contributed by atoms with Crippen LogP contribution < -0.4 is 10.1 Å². The van der Waals surface area contributed by atoms with Gasteiger partial charge in [-0.2, -0.15) is 0 Å². The predicted octanol–water partition coefficient (Wildman–Crippen LogP) is 5.68. The number of methoxy groups -OCH3 is 1. The van der Waals surface area contributed by atoms with Gasteiger partial charge >= 0.3 is 0 Å². The van der Waals surface area contributed by atoms with Crippen LogP contribution >= 0.6 is 27.5 Å². The number of amides is 1. The van der Waals surface area contributed by atoms with Crippen LogP contribution in [0.5, 0.6) is 5.75 Å². The van der Waals surface area contributed by atoms with E-state index in [2.05, 4.69) is 31.4 Å². The Morgan fingerprint density at radius 3 is 2.52 bits per heavy atom. The number of nitrogens with one attached hydrogen (secondary N) is 1. The first kappa shape index (κ1) is 21.1. The van der Waals surface area contributed by atoms with Crippen molar-refractivity contribution in [2.45, 2.75) is 6.04 Å². The minimum absolute atomic E-state index is 0.253. The Morgan fingerprint density at radius 2 is 1.81 bits per heavy atom. The van der Waals surface area contributed by atoms with Crippen LogP contribution in [0.4, 0.5) is 0 Å². The molecule has 0 unspecified atom stereocenters. The van der Waals surface area contributed by atoms with Gasteiger partial charge in [-0.25, -0.2) is 0 Å². The maximum atomic E-state index is 13.1. The predicted molar refractivity (Wildman–Crippen MR) is 121 cm³/mol. The zero-order chi connectivity index (χ0) is 21.8. The van der Waals surface area contributed by atoms with E-state index in [0.29, 0.717) is 22.2 Å². The Bertz CT molecular complexity index is 1200. The monoisotopic (exact) mass is 497 g/mol. The number of nitrogens with zero attached hydrogens (tertiary/aromatic N) is 2. The zero-order valence-electron chi connectivity index (χ0n) is 16.4. The Hall–Kier alpha value is -3.16. The van der Waals surface area contributed by atoms with Gasteiger partial charge in [-0.3, -0.25) is 4.79 Å². The van der Waals surface area contributed by atoms with Crippen molar-refractivity contribution in [2.75, 3.05) is 7.11 Å². The first-order chi connectivity index (χ1) is 15.0. The number of halogens is 2. The van der Waals surface area contributed by atoms with E-state index in [1.807, 2.05) is 30.3 Å². The summed E-state index contributed by atoms with van der Waals surface area (Å²) in [5.41, 5.74) is 1.91. The minimum Gasteiger partial charge on any atom is -0.496 e. The van der Waals surface area contributed by atoms with E-state index in [9.17, 15) is 4.79 Å². The zero-order valence-corrected chi connectivity index (χ0v) is 18.7. The van der Waals surface area contributed by atoms with Crippen molar-refractivity contribution < 1.29 is 13.9 Å². The first-order valence-electron chi connectivity index (χ1n) is 9.34. The molecule has 8 heteroatoms. The van der Waals surface area contributed by atoms with Crippen molar-refractivity contribution in [3.05, 3.63) is 99.3 Å². The normalized spacial score (nSPS) is 11.7. The average Bonchev–Trinajstić information content (AvgIpc) is 3.28. The molecule has 6 nitrogen and oxygen atoms in total. The van der Waals surface area contributed by atoms with Gasteiger partial charge in [-0.05, 0) is 48.0 Å². The molecule has 4 aromatic rings. The minimum atomic E-state index is -0.682. The fraction of sp³-hybridized carbons (Fsp3) is 0.0870. The molecule has 0 fully saturated rings. The Morgan fingerprint density at radius 1 is 1.06 bits per heavy atom. The van der Waals surface area contributed by atoms with Gasteiger partial charge in [0.25, 0.3) is 5.91 Å². The molecule has 3 aromatic carbocycles. The van der Waals surface area contributed by atoms with Gasteiger partial charge in [0.1, 0.15) is 11.8 Å². The third-order valence-electron chi connectivity index (χ3n) is 4.59. The molecule has 4 rings (SSSR count). The van der Waals surface area contributed by atoms with E-state index >= 15 is 0 Å². The lowest BCUT2D eigenvalue weighted by Crippen LogP contribution is -2.30. The van der Waals surface area contributed by atoms with Crippen LogP contribution in [-0.2, 0) is 0 Å². The molecule has 1 heterocycles. The number of ether oxygens (including phenoxy) is 1. The van der Waals surface area contributed by atoms with Crippen molar-refractivity contribution in [1.82, 2.24) is 15.5 Å². The maximum absolute atomic E-state index is 13.1. The summed E-state index contributed by atoms with van der Waals surface area (Å²) in [6.45, 7) is 0. The number of rotatable bonds is 6. The second kappa shape index (κ2) is 9.32. The second-order valence-electron chi connectivity index (χ2n) is 6.61. The Labute approximate surface area is 192 Å². The highest BCUT2D eigenvalue weighted by Gasteiger charge is 2.25. The van der Waals surface area contributed by atoms with Crippen molar-refractivity contribution in [3.8, 4) is 17.2 Å². The van der Waals surface area contributed by atoms with Crippen LogP contribution in [0.3, 0.4) is 0 Å². The lowest BCUT2D eigenvalue weighted by Gasteiger charge is -2.17. The van der Waals surface area contributed by atoms with Crippen LogP contribution in [0.2, 0.25) is 5.02 Å². The number of benzene rings is 3. The molecule has 31 heavy (non-hydrogen) atoms. The molecule has 0 aliphatic carbocycles. The van der Waals surface area contributed by atoms with Crippen molar-refractivity contribution >= 4 is 33.4 Å². The molecule has 0 spiro atoms. The Kier molecular flexibility index (Phi) is 6.34. The second-order valence-corrected chi connectivity index (χ2v) is 7.97. The van der Waals surface area contributed by atoms with Crippen LogP contribution in [-0.4, -0.2) is 23.2 Å². The molecule has 0 aliphatic rings. The van der Waals surface area contributed by atoms with Gasteiger partial charge in [0.2, 0.25) is 11.8 Å². The highest BCUT2D eigenvalue weighted by molar-refractivity contribution is 9.10. The summed E-state index contributed by atoms with van der Waals surface area (Å²) in [6.07, 6.45) is 0. The Balaban J connectivity index is 1.71. The molecule has 1 N–H and O–H groups in total. The van der Waals surface area contributed by atoms with Gasteiger partial charge in [0, 0.05) is 15.1 Å². The molecule has 0 bridgehead atoms. The molecule has 0 aliphatic heterocycles. The van der Waals surface area contributed by atoms with E-state index in [1.165, 1.54) is 7.11 Å². The number of aromatic nitrogens is 2. The van der Waals surface area contributed by atoms with Crippen molar-refractivity contribution in [2.24, 2.45) is 0 Å². The molecule has 0 saturated heterocycles. The molecule has 1 amide bonds. The van der Waals surface area contributed by atoms with E-state index in [-0.39, 0.29) is 11.8 Å². The summed E-state index contributed by atoms with van der Waals surface area (Å²) >= 11 is 9.44. The smallest absolute Gasteiger partial charge is 0.255 e. The fourth-order valence-electron chi connectivity index (χ4n) is 3.06. The summed E-state index contributed by atoms with van der Waals surface area (Å²) in [5.74, 6) is 0.718. The SMILES string of the molecule is COc1ccc(Br)cc1C(=O)N[C@H](c1ccc(Cl)cc1)c1nnc(-c2ccccc2)o1. The standard InChI is InChI=1S/C23H17BrClN3O3/c1-30-19-12-9-16(24)13-18(19)21(29)26-20(14-7-10-17(25)11-8-14)23-28-27-22(31-23)15-5-3-2-4-6-15/h2-13,20H,1H3,(H,26,29)/t20-/m1/s1. The summed E-state index contributed by atoms with van der Waals surface area (Å²) < 4.78 is 12.0. The number of carbonyl (C=O) groups is 1. The number of carbonyl (C=O) groups excluding carboxylic acids is 1. The van der Waals surface area contributed by atoms with Crippen LogP contribution in [0.25, 0.3) is 11.5 Å². The third kappa shape index (κ3) is 4.78. The lowest BCUT2D eigenvalue weighted by atomic mass is 10.1. The molecule has 1 aromatic heterocycles. The van der Waals surface area contributed by atoms with Gasteiger partial charge < -0.3 is 14.5 Å². The molecular weight excluding hydrogens is 482 g/mol. The fourth-order valence-corrected chi connectivity index (χ4v) is 3.55. The van der Waals surface area contributed by atoms with E-state index in [4.69, 9.17) is 20.8 Å². The summed E-state index contributed by atoms with van der Waals surface area (Å²) in [4.78, 5) is 13.1. The number of hydrogen-bond donors (Lipinski definition) is 1. The topological polar surface area (TPSA) is 77.2 Å². The van der Waals surface area contributed by atoms with Crippen LogP contribution in [0, 0.1) is 0 Å². The quantitative estimate of drug-likeness (QED) is 0.370. The average molecular weight is 499 g/mol. The van der Waals surface area contributed by atoms with E-state index in [0.717, 1.165) is 15.6 Å². The van der Waals surface area contributed by atoms with Gasteiger partial charge in [-0.15, -0.1) is 10.2 Å². The van der Waals surface area contributed by atoms with Crippen LogP contribution in [0.1, 0.15) is 27.9 Å². The largest absolute Gasteiger partial charge is 0.496 e. The van der Waals surface area contributed by atoms with E-state index in [1.54, 1.807) is 42.5 Å². The summed E-state index contributed by atoms with van der Waals surface area (Å²) in [6, 6.07) is 21.0. The highest BCUT2D eigenvalue weighted by Crippen LogP contribution is 2.28. The highest BCUT2D eigenvalue weighted by atomic mass is 79.9. The molecule has 0 radical (unpaired) electrons. The first-order valence-corrected chi connectivity index (χ1v) is 10.5. The molecular formula is C23H17BrClN3O3. The van der Waals surface area contributed by atoms with Gasteiger partial charge in [0.15, 0.2) is 0 Å². The summed E-state index contributed by atoms with van der Waals surface area (Å²) in [5, 5.41) is 11.9. The van der Waals surface area contributed by atoms with Gasteiger partial charge in [0.05, 0.1) is 12.7 Å². The lowest BCUT2D eigenvalue weighted by molar-refractivity contribution is 0.0935. The van der Waals surface area contributed by atoms with Crippen LogP contribution in [0.15, 0.2) is 81.7 Å². The number of hydrogen-bond acceptors (Lipinski definition) is 5. The third-order valence-corrected chi connectivity index (χ3v) is 5.34. The van der Waals surface area contributed by atoms with Crippen molar-refractivity contribution in [3.63, 3.8) is 0 Å².